The summed E-state index contributed by atoms with van der Waals surface area (Å²) in [4.78, 5) is 20.8. The van der Waals surface area contributed by atoms with Crippen LogP contribution in [0.3, 0.4) is 0 Å². The van der Waals surface area contributed by atoms with Gasteiger partial charge < -0.3 is 5.11 Å². The molecule has 0 atom stereocenters. The average Bonchev–Trinajstić information content (AvgIpc) is 1.81. The molecule has 0 saturated carbocycles. The van der Waals surface area contributed by atoms with Crippen LogP contribution in [0.4, 0.5) is 0 Å². The van der Waals surface area contributed by atoms with Crippen LogP contribution in [-0.4, -0.2) is 33.3 Å². The van der Waals surface area contributed by atoms with E-state index < -0.39 is 12.5 Å². The maximum atomic E-state index is 10.0. The molecule has 0 aliphatic carbocycles. The minimum absolute atomic E-state index is 0.0441. The fourth-order valence-electron chi connectivity index (χ4n) is 0.296. The summed E-state index contributed by atoms with van der Waals surface area (Å²) in [6, 6.07) is 0. The minimum Gasteiger partial charge on any atom is -0.480 e. The Bertz CT molecular complexity index is 170. The van der Waals surface area contributed by atoms with Crippen LogP contribution >= 0.6 is 24.8 Å². The summed E-state index contributed by atoms with van der Waals surface area (Å²) in [5.41, 5.74) is 0. The fraction of sp³-hybridized carbons (Fsp3) is 0.250. The molecule has 1 N–H and O–H groups in total. The lowest BCUT2D eigenvalue weighted by atomic mass is 10.6. The lowest BCUT2D eigenvalue weighted by molar-refractivity contribution is -0.139. The Morgan fingerprint density at radius 2 is 2.30 bits per heavy atom. The number of thiol groups is 1. The molecule has 0 aromatic carbocycles. The zero-order valence-corrected chi connectivity index (χ0v) is 6.56. The van der Waals surface area contributed by atoms with Gasteiger partial charge in [-0.05, 0) is 0 Å². The Labute approximate surface area is 68.2 Å². The molecule has 0 aromatic heterocycles. The van der Waals surface area contributed by atoms with Crippen LogP contribution in [0.2, 0.25) is 0 Å². The van der Waals surface area contributed by atoms with Crippen molar-refractivity contribution in [2.24, 2.45) is 0 Å². The summed E-state index contributed by atoms with van der Waals surface area (Å²) >= 11 is 8.04. The van der Waals surface area contributed by atoms with Gasteiger partial charge in [0.15, 0.2) is 0 Å². The van der Waals surface area contributed by atoms with Crippen LogP contribution < -0.4 is 0 Å². The van der Waals surface area contributed by atoms with Gasteiger partial charge in [-0.3, -0.25) is 14.5 Å². The molecule has 0 radical (unpaired) electrons. The van der Waals surface area contributed by atoms with E-state index in [2.05, 4.69) is 24.8 Å². The number of rotatable bonds is 3. The van der Waals surface area contributed by atoms with Crippen molar-refractivity contribution >= 4 is 41.5 Å². The van der Waals surface area contributed by atoms with E-state index in [-0.39, 0.29) is 4.32 Å². The van der Waals surface area contributed by atoms with Gasteiger partial charge in [0.05, 0.1) is 0 Å². The molecule has 0 rings (SSSR count). The zero-order valence-electron chi connectivity index (χ0n) is 4.85. The first-order valence-corrected chi connectivity index (χ1v) is 3.10. The molecule has 6 heteroatoms. The van der Waals surface area contributed by atoms with Crippen molar-refractivity contribution in [3.05, 3.63) is 0 Å². The number of carbonyl (C=O) groups is 2. The van der Waals surface area contributed by atoms with Gasteiger partial charge in [-0.1, -0.05) is 12.2 Å². The molecule has 10 heavy (non-hydrogen) atoms. The van der Waals surface area contributed by atoms with Gasteiger partial charge in [0, 0.05) is 0 Å². The number of amides is 1. The Morgan fingerprint density at radius 1 is 1.80 bits per heavy atom. The van der Waals surface area contributed by atoms with Gasteiger partial charge >= 0.3 is 5.97 Å². The van der Waals surface area contributed by atoms with E-state index in [1.807, 2.05) is 0 Å². The average molecular weight is 179 g/mol. The first-order chi connectivity index (χ1) is 4.57. The van der Waals surface area contributed by atoms with E-state index in [0.717, 1.165) is 4.90 Å². The van der Waals surface area contributed by atoms with Crippen molar-refractivity contribution < 1.29 is 14.7 Å². The molecule has 1 amide bonds. The topological polar surface area (TPSA) is 57.6 Å². The number of carboxylic acid groups (broad SMARTS) is 1. The lowest BCUT2D eigenvalue weighted by Crippen LogP contribution is -2.30. The molecule has 4 nitrogen and oxygen atoms in total. The van der Waals surface area contributed by atoms with Gasteiger partial charge in [0.1, 0.15) is 10.9 Å². The number of carboxylic acids is 1. The molecule has 0 saturated heterocycles. The van der Waals surface area contributed by atoms with Crippen LogP contribution in [-0.2, 0) is 9.59 Å². The standard InChI is InChI=1S/C4H5NO3S2/c6-2-5(4(9)10)1-3(7)8/h2H,1H2,(H,7,8)(H,9,10). The number of hydrogen-bond acceptors (Lipinski definition) is 3. The number of carbonyl (C=O) groups excluding carboxylic acids is 1. The largest absolute Gasteiger partial charge is 0.480 e. The van der Waals surface area contributed by atoms with Crippen LogP contribution in [0.25, 0.3) is 0 Å². The maximum absolute atomic E-state index is 10.0. The van der Waals surface area contributed by atoms with Gasteiger partial charge in [-0.2, -0.15) is 0 Å². The van der Waals surface area contributed by atoms with Crippen molar-refractivity contribution in [1.82, 2.24) is 4.90 Å². The predicted octanol–water partition coefficient (Wildman–Crippen LogP) is -0.256. The fourth-order valence-corrected chi connectivity index (χ4v) is 0.521. The van der Waals surface area contributed by atoms with E-state index in [9.17, 15) is 9.59 Å². The molecule has 0 bridgehead atoms. The minimum atomic E-state index is -1.12. The van der Waals surface area contributed by atoms with Crippen LogP contribution in [0, 0.1) is 0 Å². The molecular formula is C4H5NO3S2. The molecule has 0 fully saturated rings. The highest BCUT2D eigenvalue weighted by Gasteiger charge is 2.07. The first kappa shape index (κ1) is 9.38. The van der Waals surface area contributed by atoms with E-state index in [0.29, 0.717) is 6.41 Å². The molecule has 0 heterocycles. The number of thiocarbonyl (C=S) groups is 1. The quantitative estimate of drug-likeness (QED) is 0.356. The highest BCUT2D eigenvalue weighted by molar-refractivity contribution is 8.11. The van der Waals surface area contributed by atoms with Crippen molar-refractivity contribution in [1.29, 1.82) is 0 Å². The highest BCUT2D eigenvalue weighted by atomic mass is 32.1. The summed E-state index contributed by atoms with van der Waals surface area (Å²) in [5.74, 6) is -1.12. The third-order valence-corrected chi connectivity index (χ3v) is 1.17. The van der Waals surface area contributed by atoms with E-state index >= 15 is 0 Å². The van der Waals surface area contributed by atoms with Crippen LogP contribution in [0.5, 0.6) is 0 Å². The van der Waals surface area contributed by atoms with Crippen molar-refractivity contribution in [2.75, 3.05) is 6.54 Å². The van der Waals surface area contributed by atoms with E-state index in [1.54, 1.807) is 0 Å². The maximum Gasteiger partial charge on any atom is 0.323 e. The Balaban J connectivity index is 3.96. The van der Waals surface area contributed by atoms with Crippen molar-refractivity contribution in [3.8, 4) is 0 Å². The van der Waals surface area contributed by atoms with Crippen LogP contribution in [0.1, 0.15) is 0 Å². The molecule has 0 aromatic rings. The van der Waals surface area contributed by atoms with Gasteiger partial charge in [-0.15, -0.1) is 12.6 Å². The third kappa shape index (κ3) is 3.41. The van der Waals surface area contributed by atoms with Gasteiger partial charge in [-0.25, -0.2) is 0 Å². The Morgan fingerprint density at radius 3 is 2.40 bits per heavy atom. The number of hydrogen-bond donors (Lipinski definition) is 2. The second-order valence-corrected chi connectivity index (χ2v) is 2.52. The van der Waals surface area contributed by atoms with Gasteiger partial charge in [0.25, 0.3) is 0 Å². The van der Waals surface area contributed by atoms with E-state index in [4.69, 9.17) is 5.11 Å². The van der Waals surface area contributed by atoms with Crippen molar-refractivity contribution in [2.45, 2.75) is 0 Å². The molecular weight excluding hydrogens is 174 g/mol. The summed E-state index contributed by atoms with van der Waals surface area (Å²) in [5, 5.41) is 8.17. The predicted molar refractivity (Wildman–Crippen MR) is 42.0 cm³/mol. The molecule has 0 aliphatic heterocycles. The molecule has 56 valence electrons. The number of aliphatic carboxylic acids is 1. The Hall–Kier alpha value is -0.620. The highest BCUT2D eigenvalue weighted by Crippen LogP contribution is 1.91. The summed E-state index contributed by atoms with van der Waals surface area (Å²) in [6.07, 6.45) is 0.323. The van der Waals surface area contributed by atoms with Crippen molar-refractivity contribution in [3.63, 3.8) is 0 Å². The molecule has 0 aliphatic rings. The zero-order chi connectivity index (χ0) is 8.15. The molecule has 0 unspecified atom stereocenters. The normalized spacial score (nSPS) is 8.50. The summed E-state index contributed by atoms with van der Waals surface area (Å²) < 4.78 is -0.0441. The third-order valence-electron chi connectivity index (χ3n) is 0.679. The summed E-state index contributed by atoms with van der Waals surface area (Å²) in [6.45, 7) is -0.439. The number of nitrogens with zero attached hydrogens (tertiary/aromatic N) is 1. The SMILES string of the molecule is O=CN(CC(=O)O)C(=S)S. The van der Waals surface area contributed by atoms with Crippen LogP contribution in [0.15, 0.2) is 0 Å². The second kappa shape index (κ2) is 4.24. The second-order valence-electron chi connectivity index (χ2n) is 1.41. The van der Waals surface area contributed by atoms with E-state index in [1.165, 1.54) is 0 Å². The summed E-state index contributed by atoms with van der Waals surface area (Å²) in [7, 11) is 0. The first-order valence-electron chi connectivity index (χ1n) is 2.24. The monoisotopic (exact) mass is 179 g/mol. The smallest absolute Gasteiger partial charge is 0.323 e. The lowest BCUT2D eigenvalue weighted by Gasteiger charge is -2.09. The Kier molecular flexibility index (Phi) is 3.97. The van der Waals surface area contributed by atoms with Gasteiger partial charge in [0.2, 0.25) is 6.41 Å². The molecule has 0 spiro atoms.